The van der Waals surface area contributed by atoms with Gasteiger partial charge in [0.2, 0.25) is 0 Å². The molecule has 0 aliphatic carbocycles. The third-order valence-electron chi connectivity index (χ3n) is 4.80. The van der Waals surface area contributed by atoms with E-state index in [0.29, 0.717) is 31.7 Å². The van der Waals surface area contributed by atoms with Crippen LogP contribution >= 0.6 is 0 Å². The van der Waals surface area contributed by atoms with Crippen molar-refractivity contribution in [3.63, 3.8) is 0 Å². The van der Waals surface area contributed by atoms with E-state index in [-0.39, 0.29) is 23.9 Å². The van der Waals surface area contributed by atoms with Gasteiger partial charge in [0.15, 0.2) is 5.69 Å². The number of nitrogens with one attached hydrogen (secondary N) is 1. The molecule has 1 aliphatic heterocycles. The van der Waals surface area contributed by atoms with E-state index in [2.05, 4.69) is 10.2 Å². The maximum atomic E-state index is 13.6. The third-order valence-corrected chi connectivity index (χ3v) is 4.80. The molecular weight excluding hydrogens is 347 g/mol. The van der Waals surface area contributed by atoms with Crippen molar-refractivity contribution in [3.05, 3.63) is 52.6 Å². The first kappa shape index (κ1) is 19.5. The second-order valence-electron chi connectivity index (χ2n) is 7.42. The van der Waals surface area contributed by atoms with Gasteiger partial charge in [-0.3, -0.25) is 9.89 Å². The van der Waals surface area contributed by atoms with Crippen molar-refractivity contribution in [1.82, 2.24) is 20.0 Å². The SMILES string of the molecule is C[C@@H]1Cc2c(C(=O)N(CCN(C)C)Cc3cccc(F)c3)n[nH]c2[C@H](C)O1. The molecular formula is C20H27FN4O2. The number of hydrogen-bond acceptors (Lipinski definition) is 4. The first-order valence-electron chi connectivity index (χ1n) is 9.26. The number of rotatable bonds is 6. The Bertz CT molecular complexity index is 805. The number of aromatic nitrogens is 2. The molecule has 27 heavy (non-hydrogen) atoms. The van der Waals surface area contributed by atoms with Crippen LogP contribution in [0, 0.1) is 5.82 Å². The number of carbonyl (C=O) groups excluding carboxylic acids is 1. The minimum Gasteiger partial charge on any atom is -0.369 e. The van der Waals surface area contributed by atoms with E-state index < -0.39 is 0 Å². The van der Waals surface area contributed by atoms with E-state index in [1.807, 2.05) is 38.9 Å². The smallest absolute Gasteiger partial charge is 0.274 e. The van der Waals surface area contributed by atoms with E-state index in [4.69, 9.17) is 4.74 Å². The lowest BCUT2D eigenvalue weighted by molar-refractivity contribution is -0.00702. The average Bonchev–Trinajstić information content (AvgIpc) is 3.02. The summed E-state index contributed by atoms with van der Waals surface area (Å²) in [7, 11) is 3.92. The monoisotopic (exact) mass is 374 g/mol. The number of carbonyl (C=O) groups is 1. The first-order chi connectivity index (χ1) is 12.8. The molecule has 0 saturated carbocycles. The quantitative estimate of drug-likeness (QED) is 0.845. The number of aromatic amines is 1. The number of fused-ring (bicyclic) bond motifs is 1. The zero-order valence-corrected chi connectivity index (χ0v) is 16.3. The molecule has 3 rings (SSSR count). The second kappa shape index (κ2) is 8.19. The molecule has 1 N–H and O–H groups in total. The first-order valence-corrected chi connectivity index (χ1v) is 9.26. The van der Waals surface area contributed by atoms with E-state index in [0.717, 1.165) is 16.8 Å². The molecule has 6 nitrogen and oxygen atoms in total. The van der Waals surface area contributed by atoms with Crippen molar-refractivity contribution in [3.8, 4) is 0 Å². The fraction of sp³-hybridized carbons (Fsp3) is 0.500. The van der Waals surface area contributed by atoms with E-state index in [9.17, 15) is 9.18 Å². The lowest BCUT2D eigenvalue weighted by atomic mass is 9.99. The van der Waals surface area contributed by atoms with Gasteiger partial charge in [-0.1, -0.05) is 12.1 Å². The molecule has 0 fully saturated rings. The Kier molecular flexibility index (Phi) is 5.92. The molecule has 1 amide bonds. The van der Waals surface area contributed by atoms with Crippen LogP contribution in [0.1, 0.15) is 47.3 Å². The number of H-pyrrole nitrogens is 1. The summed E-state index contributed by atoms with van der Waals surface area (Å²) in [4.78, 5) is 17.0. The zero-order chi connectivity index (χ0) is 19.6. The van der Waals surface area contributed by atoms with Crippen LogP contribution in [0.3, 0.4) is 0 Å². The lowest BCUT2D eigenvalue weighted by Gasteiger charge is -2.27. The summed E-state index contributed by atoms with van der Waals surface area (Å²) in [5, 5.41) is 7.28. The summed E-state index contributed by atoms with van der Waals surface area (Å²) in [5.41, 5.74) is 3.01. The molecule has 0 bridgehead atoms. The largest absolute Gasteiger partial charge is 0.369 e. The maximum Gasteiger partial charge on any atom is 0.274 e. The van der Waals surface area contributed by atoms with Crippen LogP contribution in [0.25, 0.3) is 0 Å². The van der Waals surface area contributed by atoms with Crippen LogP contribution in [-0.2, 0) is 17.7 Å². The van der Waals surface area contributed by atoms with Crippen LogP contribution in [0.15, 0.2) is 24.3 Å². The summed E-state index contributed by atoms with van der Waals surface area (Å²) in [6, 6.07) is 6.36. The summed E-state index contributed by atoms with van der Waals surface area (Å²) >= 11 is 0. The zero-order valence-electron chi connectivity index (χ0n) is 16.3. The highest BCUT2D eigenvalue weighted by molar-refractivity contribution is 5.94. The Labute approximate surface area is 159 Å². The molecule has 1 aliphatic rings. The molecule has 1 aromatic heterocycles. The Hall–Kier alpha value is -2.25. The maximum absolute atomic E-state index is 13.6. The van der Waals surface area contributed by atoms with Gasteiger partial charge in [-0.15, -0.1) is 0 Å². The van der Waals surface area contributed by atoms with Crippen LogP contribution in [0.2, 0.25) is 0 Å². The van der Waals surface area contributed by atoms with Crippen LogP contribution in [0.5, 0.6) is 0 Å². The number of benzene rings is 1. The summed E-state index contributed by atoms with van der Waals surface area (Å²) in [6.45, 7) is 5.54. The lowest BCUT2D eigenvalue weighted by Crippen LogP contribution is -2.37. The minimum atomic E-state index is -0.301. The Morgan fingerprint density at radius 1 is 1.33 bits per heavy atom. The van der Waals surface area contributed by atoms with Gasteiger partial charge in [0.05, 0.1) is 17.9 Å². The van der Waals surface area contributed by atoms with Gasteiger partial charge < -0.3 is 14.5 Å². The third kappa shape index (κ3) is 4.54. The fourth-order valence-electron chi connectivity index (χ4n) is 3.43. The van der Waals surface area contributed by atoms with E-state index >= 15 is 0 Å². The molecule has 1 aromatic carbocycles. The van der Waals surface area contributed by atoms with Gasteiger partial charge in [-0.2, -0.15) is 5.10 Å². The van der Waals surface area contributed by atoms with Crippen molar-refractivity contribution in [2.75, 3.05) is 27.2 Å². The van der Waals surface area contributed by atoms with Gasteiger partial charge in [-0.25, -0.2) is 4.39 Å². The van der Waals surface area contributed by atoms with Gasteiger partial charge in [-0.05, 0) is 45.6 Å². The Balaban J connectivity index is 1.87. The van der Waals surface area contributed by atoms with Crippen molar-refractivity contribution in [1.29, 1.82) is 0 Å². The molecule has 0 saturated heterocycles. The van der Waals surface area contributed by atoms with Crippen LogP contribution < -0.4 is 0 Å². The van der Waals surface area contributed by atoms with E-state index in [1.54, 1.807) is 11.0 Å². The normalized spacial score (nSPS) is 19.2. The van der Waals surface area contributed by atoms with E-state index in [1.165, 1.54) is 12.1 Å². The van der Waals surface area contributed by atoms with Gasteiger partial charge in [0.25, 0.3) is 5.91 Å². The number of ether oxygens (including phenoxy) is 1. The summed E-state index contributed by atoms with van der Waals surface area (Å²) in [5.74, 6) is -0.440. The second-order valence-corrected chi connectivity index (χ2v) is 7.42. The van der Waals surface area contributed by atoms with Crippen LogP contribution in [-0.4, -0.2) is 59.2 Å². The Morgan fingerprint density at radius 2 is 2.11 bits per heavy atom. The van der Waals surface area contributed by atoms with Gasteiger partial charge in [0.1, 0.15) is 5.82 Å². The number of hydrogen-bond donors (Lipinski definition) is 1. The molecule has 0 spiro atoms. The number of nitrogens with zero attached hydrogens (tertiary/aromatic N) is 3. The number of likely N-dealkylation sites (N-methyl/N-ethyl adjacent to an activating group) is 1. The molecule has 2 heterocycles. The summed E-state index contributed by atoms with van der Waals surface area (Å²) in [6.07, 6.45) is 0.574. The average molecular weight is 374 g/mol. The highest BCUT2D eigenvalue weighted by atomic mass is 19.1. The van der Waals surface area contributed by atoms with Gasteiger partial charge >= 0.3 is 0 Å². The Morgan fingerprint density at radius 3 is 2.81 bits per heavy atom. The minimum absolute atomic E-state index is 0.0371. The van der Waals surface area contributed by atoms with Crippen molar-refractivity contribution < 1.29 is 13.9 Å². The molecule has 2 aromatic rings. The topological polar surface area (TPSA) is 61.5 Å². The van der Waals surface area contributed by atoms with Crippen molar-refractivity contribution in [2.45, 2.75) is 39.0 Å². The number of amides is 1. The molecule has 146 valence electrons. The fourth-order valence-corrected chi connectivity index (χ4v) is 3.43. The molecule has 7 heteroatoms. The standard InChI is InChI=1S/C20H27FN4O2/c1-13-10-17-18(14(2)27-13)22-23-19(17)20(26)25(9-8-24(3)4)12-15-6-5-7-16(21)11-15/h5-7,11,13-14H,8-10,12H2,1-4H3,(H,22,23)/t13-,14+/m1/s1. The highest BCUT2D eigenvalue weighted by Crippen LogP contribution is 2.30. The molecule has 0 unspecified atom stereocenters. The summed E-state index contributed by atoms with van der Waals surface area (Å²) < 4.78 is 19.4. The molecule has 0 radical (unpaired) electrons. The predicted molar refractivity (Wildman–Crippen MR) is 101 cm³/mol. The molecule has 2 atom stereocenters. The van der Waals surface area contributed by atoms with Crippen molar-refractivity contribution in [2.24, 2.45) is 0 Å². The van der Waals surface area contributed by atoms with Gasteiger partial charge in [0, 0.05) is 31.6 Å². The van der Waals surface area contributed by atoms with Crippen molar-refractivity contribution >= 4 is 5.91 Å². The highest BCUT2D eigenvalue weighted by Gasteiger charge is 2.31. The van der Waals surface area contributed by atoms with Crippen LogP contribution in [0.4, 0.5) is 4.39 Å². The predicted octanol–water partition coefficient (Wildman–Crippen LogP) is 2.78. The number of halogens is 1.